The van der Waals surface area contributed by atoms with Crippen molar-refractivity contribution in [3.05, 3.63) is 195 Å². The van der Waals surface area contributed by atoms with Crippen LogP contribution in [0, 0.1) is 0 Å². The van der Waals surface area contributed by atoms with Gasteiger partial charge < -0.3 is 18.3 Å². The Morgan fingerprint density at radius 3 is 0.671 bits per heavy atom. The molecular formula is C60H44N10. The van der Waals surface area contributed by atoms with E-state index in [4.69, 9.17) is 29.9 Å². The van der Waals surface area contributed by atoms with Crippen molar-refractivity contribution in [2.45, 2.75) is 0 Å². The lowest BCUT2D eigenvalue weighted by Gasteiger charge is -2.22. The van der Waals surface area contributed by atoms with Crippen LogP contribution in [-0.4, -0.2) is 48.2 Å². The molecule has 0 aliphatic heterocycles. The van der Waals surface area contributed by atoms with Crippen molar-refractivity contribution >= 4 is 43.1 Å². The summed E-state index contributed by atoms with van der Waals surface area (Å²) in [5.74, 6) is 3.69. The zero-order valence-electron chi connectivity index (χ0n) is 38.9. The van der Waals surface area contributed by atoms with Crippen LogP contribution in [0.5, 0.6) is 0 Å². The van der Waals surface area contributed by atoms with Gasteiger partial charge in [-0.3, -0.25) is 0 Å². The lowest BCUT2D eigenvalue weighted by Crippen LogP contribution is -2.05. The standard InChI is InChI=1S/C60H44N10/c1-67-33-15-29-47(67)55-61-56(48-30-16-34-68(48)2)64-59(63-55)53-43-25-11-7-21-39(43)51(40-22-8-12-26-44(40)53)37-19-5-6-20-38(37)52-41-23-9-13-27-45(41)54(46-28-14-10-24-42(46)52)60-65-57(49-31-17-35-69(49)3)62-58(66-60)50-32-18-36-70(50)4/h5-36H,1-4H3. The maximum Gasteiger partial charge on any atom is 0.180 e. The van der Waals surface area contributed by atoms with Crippen LogP contribution in [0.25, 0.3) is 134 Å². The van der Waals surface area contributed by atoms with Crippen molar-refractivity contribution in [2.75, 3.05) is 0 Å². The van der Waals surface area contributed by atoms with E-state index < -0.39 is 0 Å². The molecule has 7 aromatic carbocycles. The zero-order valence-corrected chi connectivity index (χ0v) is 38.9. The molecule has 0 spiro atoms. The van der Waals surface area contributed by atoms with E-state index in [1.165, 1.54) is 0 Å². The number of aryl methyl sites for hydroxylation is 4. The minimum atomic E-state index is 0.614. The van der Waals surface area contributed by atoms with Gasteiger partial charge in [0.1, 0.15) is 0 Å². The maximum atomic E-state index is 5.30. The van der Waals surface area contributed by atoms with Gasteiger partial charge in [0.15, 0.2) is 34.9 Å². The number of aromatic nitrogens is 10. The Morgan fingerprint density at radius 2 is 0.443 bits per heavy atom. The van der Waals surface area contributed by atoms with Gasteiger partial charge in [0.25, 0.3) is 0 Å². The van der Waals surface area contributed by atoms with Crippen LogP contribution >= 0.6 is 0 Å². The quantitative estimate of drug-likeness (QED) is 0.141. The molecule has 0 fully saturated rings. The van der Waals surface area contributed by atoms with Crippen molar-refractivity contribution in [3.63, 3.8) is 0 Å². The van der Waals surface area contributed by atoms with Gasteiger partial charge in [-0.05, 0) is 114 Å². The third-order valence-corrected chi connectivity index (χ3v) is 13.7. The molecule has 0 atom stereocenters. The summed E-state index contributed by atoms with van der Waals surface area (Å²) in [5, 5.41) is 8.60. The Kier molecular flexibility index (Phi) is 9.48. The van der Waals surface area contributed by atoms with Gasteiger partial charge >= 0.3 is 0 Å². The molecule has 0 saturated heterocycles. The molecule has 0 N–H and O–H groups in total. The van der Waals surface area contributed by atoms with Crippen LogP contribution in [0.2, 0.25) is 0 Å². The summed E-state index contributed by atoms with van der Waals surface area (Å²) in [4.78, 5) is 31.3. The Morgan fingerprint density at radius 1 is 0.229 bits per heavy atom. The third-order valence-electron chi connectivity index (χ3n) is 13.7. The summed E-state index contributed by atoms with van der Waals surface area (Å²) in [6.45, 7) is 0. The second-order valence-electron chi connectivity index (χ2n) is 17.9. The van der Waals surface area contributed by atoms with Crippen molar-refractivity contribution < 1.29 is 0 Å². The highest BCUT2D eigenvalue weighted by Gasteiger charge is 2.26. The summed E-state index contributed by atoms with van der Waals surface area (Å²) in [6, 6.07) is 59.9. The van der Waals surface area contributed by atoms with Gasteiger partial charge in [-0.15, -0.1) is 0 Å². The van der Waals surface area contributed by atoms with Gasteiger partial charge in [0.2, 0.25) is 0 Å². The predicted molar refractivity (Wildman–Crippen MR) is 283 cm³/mol. The molecular weight excluding hydrogens is 861 g/mol. The molecule has 0 unspecified atom stereocenters. The highest BCUT2D eigenvalue weighted by molar-refractivity contribution is 6.25. The van der Waals surface area contributed by atoms with E-state index in [1.54, 1.807) is 0 Å². The topological polar surface area (TPSA) is 97.1 Å². The van der Waals surface area contributed by atoms with Crippen LogP contribution in [0.4, 0.5) is 0 Å². The van der Waals surface area contributed by atoms with Crippen LogP contribution in [0.3, 0.4) is 0 Å². The lowest BCUT2D eigenvalue weighted by atomic mass is 9.82. The van der Waals surface area contributed by atoms with Crippen LogP contribution in [-0.2, 0) is 28.2 Å². The molecule has 13 rings (SSSR count). The number of rotatable bonds is 8. The van der Waals surface area contributed by atoms with Gasteiger partial charge in [-0.2, -0.15) is 0 Å². The minimum absolute atomic E-state index is 0.614. The molecule has 0 aliphatic rings. The first-order chi connectivity index (χ1) is 34.4. The SMILES string of the molecule is Cn1cccc1-c1nc(-c2c3ccccc3c(-c3ccccc3-c3c4ccccc4c(-c4nc(-c5cccn5C)nc(-c5cccn5C)n4)c4ccccc34)c3ccccc23)nc(-c2cccn2C)n1. The van der Waals surface area contributed by atoms with Crippen molar-refractivity contribution in [2.24, 2.45) is 28.2 Å². The van der Waals surface area contributed by atoms with E-state index in [0.29, 0.717) is 34.9 Å². The van der Waals surface area contributed by atoms with E-state index in [2.05, 4.69) is 164 Å². The average Bonchev–Trinajstić information content (AvgIpc) is 4.23. The predicted octanol–water partition coefficient (Wildman–Crippen LogP) is 13.4. The first kappa shape index (κ1) is 41.0. The van der Waals surface area contributed by atoms with E-state index in [9.17, 15) is 0 Å². The fourth-order valence-electron chi connectivity index (χ4n) is 10.4. The fraction of sp³-hybridized carbons (Fsp3) is 0.0667. The number of hydrogen-bond donors (Lipinski definition) is 0. The van der Waals surface area contributed by atoms with Gasteiger partial charge in [-0.25, -0.2) is 29.9 Å². The molecule has 6 aromatic heterocycles. The normalized spacial score (nSPS) is 11.7. The molecule has 0 aliphatic carbocycles. The number of hydrogen-bond acceptors (Lipinski definition) is 6. The molecule has 10 nitrogen and oxygen atoms in total. The van der Waals surface area contributed by atoms with Crippen LogP contribution in [0.1, 0.15) is 0 Å². The van der Waals surface area contributed by atoms with E-state index in [1.807, 2.05) is 77.2 Å². The second kappa shape index (κ2) is 16.2. The highest BCUT2D eigenvalue weighted by atomic mass is 15.1. The molecule has 0 saturated carbocycles. The Labute approximate surface area is 403 Å². The van der Waals surface area contributed by atoms with Gasteiger partial charge in [0, 0.05) is 64.1 Å². The Hall–Kier alpha value is -9.28. The van der Waals surface area contributed by atoms with Crippen molar-refractivity contribution in [1.29, 1.82) is 0 Å². The van der Waals surface area contributed by atoms with Gasteiger partial charge in [0.05, 0.1) is 22.8 Å². The molecule has 10 heteroatoms. The second-order valence-corrected chi connectivity index (χ2v) is 17.9. The summed E-state index contributed by atoms with van der Waals surface area (Å²) in [6.07, 6.45) is 8.09. The summed E-state index contributed by atoms with van der Waals surface area (Å²) < 4.78 is 8.21. The molecule has 0 bridgehead atoms. The maximum absolute atomic E-state index is 5.30. The minimum Gasteiger partial charge on any atom is -0.348 e. The first-order valence-electron chi connectivity index (χ1n) is 23.4. The zero-order chi connectivity index (χ0) is 47.0. The largest absolute Gasteiger partial charge is 0.348 e. The molecule has 13 aromatic rings. The van der Waals surface area contributed by atoms with Crippen LogP contribution in [0.15, 0.2) is 195 Å². The monoisotopic (exact) mass is 904 g/mol. The summed E-state index contributed by atoms with van der Waals surface area (Å²) >= 11 is 0. The molecule has 70 heavy (non-hydrogen) atoms. The number of benzene rings is 7. The third kappa shape index (κ3) is 6.48. The van der Waals surface area contributed by atoms with Crippen molar-refractivity contribution in [1.82, 2.24) is 48.2 Å². The van der Waals surface area contributed by atoms with Crippen LogP contribution < -0.4 is 0 Å². The molecule has 0 radical (unpaired) electrons. The fourth-order valence-corrected chi connectivity index (χ4v) is 10.4. The van der Waals surface area contributed by atoms with E-state index >= 15 is 0 Å². The van der Waals surface area contributed by atoms with E-state index in [0.717, 1.165) is 99.2 Å². The molecule has 334 valence electrons. The molecule has 0 amide bonds. The average molecular weight is 905 g/mol. The number of nitrogens with zero attached hydrogens (tertiary/aromatic N) is 10. The number of fused-ring (bicyclic) bond motifs is 4. The summed E-state index contributed by atoms with van der Waals surface area (Å²) in [7, 11) is 8.09. The Bertz CT molecular complexity index is 3700. The lowest BCUT2D eigenvalue weighted by molar-refractivity contribution is 0.899. The Balaban J connectivity index is 1.08. The van der Waals surface area contributed by atoms with E-state index in [-0.39, 0.29) is 0 Å². The molecule has 6 heterocycles. The highest BCUT2D eigenvalue weighted by Crippen LogP contribution is 2.50. The van der Waals surface area contributed by atoms with Crippen molar-refractivity contribution in [3.8, 4) is 91.1 Å². The summed E-state index contributed by atoms with van der Waals surface area (Å²) in [5.41, 5.74) is 10.1. The van der Waals surface area contributed by atoms with Gasteiger partial charge in [-0.1, -0.05) is 121 Å². The first-order valence-corrected chi connectivity index (χ1v) is 23.4. The smallest absolute Gasteiger partial charge is 0.180 e.